The molecule has 0 radical (unpaired) electrons. The minimum atomic E-state index is -0.619. The van der Waals surface area contributed by atoms with Gasteiger partial charge in [0, 0.05) is 25.7 Å². The molecule has 1 aromatic carbocycles. The van der Waals surface area contributed by atoms with Gasteiger partial charge in [0.15, 0.2) is 0 Å². The molecule has 1 N–H and O–H groups in total. The molecule has 0 bridgehead atoms. The van der Waals surface area contributed by atoms with E-state index in [0.29, 0.717) is 12.2 Å². The van der Waals surface area contributed by atoms with Crippen molar-refractivity contribution in [3.8, 4) is 0 Å². The quantitative estimate of drug-likeness (QED) is 0.628. The average molecular weight is 280 g/mol. The third-order valence-electron chi connectivity index (χ3n) is 3.34. The van der Waals surface area contributed by atoms with Crippen LogP contribution in [0.1, 0.15) is 13.3 Å². The molecule has 0 aromatic heterocycles. The van der Waals surface area contributed by atoms with Crippen molar-refractivity contribution in [2.24, 2.45) is 0 Å². The molecule has 1 heterocycles. The molecule has 1 aliphatic heterocycles. The topological polar surface area (TPSA) is 102 Å². The van der Waals surface area contributed by atoms with E-state index in [1.54, 1.807) is 0 Å². The van der Waals surface area contributed by atoms with Crippen molar-refractivity contribution in [1.82, 2.24) is 5.32 Å². The van der Waals surface area contributed by atoms with Gasteiger partial charge in [0.25, 0.3) is 11.4 Å². The van der Waals surface area contributed by atoms with Crippen molar-refractivity contribution in [2.75, 3.05) is 24.5 Å². The zero-order valence-corrected chi connectivity index (χ0v) is 11.1. The van der Waals surface area contributed by atoms with Crippen LogP contribution in [0, 0.1) is 20.2 Å². The summed E-state index contributed by atoms with van der Waals surface area (Å²) >= 11 is 0. The molecule has 0 unspecified atom stereocenters. The molecular formula is C12H16N4O4. The maximum absolute atomic E-state index is 11.2. The van der Waals surface area contributed by atoms with Crippen LogP contribution in [0.2, 0.25) is 0 Å². The Balaban J connectivity index is 2.41. The summed E-state index contributed by atoms with van der Waals surface area (Å²) in [7, 11) is 0. The first-order valence-corrected chi connectivity index (χ1v) is 6.44. The van der Waals surface area contributed by atoms with Crippen molar-refractivity contribution < 1.29 is 9.85 Å². The molecule has 8 nitrogen and oxygen atoms in total. The van der Waals surface area contributed by atoms with Gasteiger partial charge in [-0.05, 0) is 12.5 Å². The number of hydrogen-bond donors (Lipinski definition) is 1. The molecule has 20 heavy (non-hydrogen) atoms. The first-order valence-electron chi connectivity index (χ1n) is 6.44. The van der Waals surface area contributed by atoms with Crippen molar-refractivity contribution in [3.05, 3.63) is 38.4 Å². The Morgan fingerprint density at radius 1 is 1.30 bits per heavy atom. The van der Waals surface area contributed by atoms with E-state index in [1.807, 2.05) is 11.8 Å². The highest BCUT2D eigenvalue weighted by Crippen LogP contribution is 2.33. The number of benzene rings is 1. The molecular weight excluding hydrogens is 264 g/mol. The Hall–Kier alpha value is -2.22. The lowest BCUT2D eigenvalue weighted by Gasteiger charge is -2.39. The highest BCUT2D eigenvalue weighted by molar-refractivity contribution is 5.67. The van der Waals surface area contributed by atoms with Crippen LogP contribution >= 0.6 is 0 Å². The largest absolute Gasteiger partial charge is 0.360 e. The average Bonchev–Trinajstić information content (AvgIpc) is 2.35. The smallest absolute Gasteiger partial charge is 0.299 e. The van der Waals surface area contributed by atoms with Gasteiger partial charge in [0.2, 0.25) is 0 Å². The van der Waals surface area contributed by atoms with Crippen molar-refractivity contribution in [1.29, 1.82) is 0 Å². The van der Waals surface area contributed by atoms with Crippen molar-refractivity contribution in [3.63, 3.8) is 0 Å². The fourth-order valence-electron chi connectivity index (χ4n) is 2.25. The lowest BCUT2D eigenvalue weighted by molar-refractivity contribution is -0.393. The Morgan fingerprint density at radius 2 is 2.00 bits per heavy atom. The molecule has 1 fully saturated rings. The van der Waals surface area contributed by atoms with Gasteiger partial charge in [0.1, 0.15) is 5.69 Å². The zero-order valence-electron chi connectivity index (χ0n) is 11.1. The number of nitrogens with one attached hydrogen (secondary N) is 1. The third-order valence-corrected chi connectivity index (χ3v) is 3.34. The summed E-state index contributed by atoms with van der Waals surface area (Å²) in [6.07, 6.45) is 0.852. The normalized spacial score (nSPS) is 14.7. The van der Waals surface area contributed by atoms with Gasteiger partial charge >= 0.3 is 0 Å². The summed E-state index contributed by atoms with van der Waals surface area (Å²) in [5.41, 5.74) is -0.0165. The van der Waals surface area contributed by atoms with Crippen molar-refractivity contribution in [2.45, 2.75) is 19.4 Å². The number of nitrogens with zero attached hydrogens (tertiary/aromatic N) is 3. The molecule has 108 valence electrons. The number of anilines is 1. The summed E-state index contributed by atoms with van der Waals surface area (Å²) in [5.74, 6) is 0. The first kappa shape index (κ1) is 14.2. The van der Waals surface area contributed by atoms with Crippen LogP contribution in [0.5, 0.6) is 0 Å². The van der Waals surface area contributed by atoms with Gasteiger partial charge in [-0.25, -0.2) is 0 Å². The molecule has 1 saturated heterocycles. The van der Waals surface area contributed by atoms with E-state index >= 15 is 0 Å². The summed E-state index contributed by atoms with van der Waals surface area (Å²) < 4.78 is 0. The number of nitro benzene ring substituents is 2. The molecule has 0 saturated carbocycles. The fraction of sp³-hybridized carbons (Fsp3) is 0.500. The summed E-state index contributed by atoms with van der Waals surface area (Å²) in [4.78, 5) is 22.7. The predicted molar refractivity (Wildman–Crippen MR) is 74.0 cm³/mol. The number of hydrogen-bond acceptors (Lipinski definition) is 6. The van der Waals surface area contributed by atoms with E-state index in [0.717, 1.165) is 25.6 Å². The Kier molecular flexibility index (Phi) is 4.14. The molecule has 0 spiro atoms. The first-order chi connectivity index (χ1) is 9.54. The van der Waals surface area contributed by atoms with Crippen LogP contribution < -0.4 is 10.2 Å². The van der Waals surface area contributed by atoms with Gasteiger partial charge in [-0.2, -0.15) is 0 Å². The van der Waals surface area contributed by atoms with Crippen LogP contribution in [-0.2, 0) is 0 Å². The molecule has 1 aliphatic rings. The molecule has 8 heteroatoms. The van der Waals surface area contributed by atoms with Gasteiger partial charge in [-0.3, -0.25) is 20.2 Å². The highest BCUT2D eigenvalue weighted by atomic mass is 16.6. The van der Waals surface area contributed by atoms with E-state index in [9.17, 15) is 20.2 Å². The summed E-state index contributed by atoms with van der Waals surface area (Å²) in [6.45, 7) is 4.23. The van der Waals surface area contributed by atoms with Gasteiger partial charge in [-0.1, -0.05) is 6.92 Å². The van der Waals surface area contributed by atoms with Crippen molar-refractivity contribution >= 4 is 17.1 Å². The Morgan fingerprint density at radius 3 is 2.45 bits per heavy atom. The van der Waals surface area contributed by atoms with Crippen LogP contribution in [0.4, 0.5) is 17.1 Å². The maximum atomic E-state index is 11.2. The molecule has 0 atom stereocenters. The Labute approximate surface area is 115 Å². The second-order valence-corrected chi connectivity index (χ2v) is 4.69. The fourth-order valence-corrected chi connectivity index (χ4v) is 2.25. The number of non-ortho nitro benzene ring substituents is 1. The molecule has 0 aliphatic carbocycles. The zero-order chi connectivity index (χ0) is 14.7. The lowest BCUT2D eigenvalue weighted by Crippen LogP contribution is -2.57. The van der Waals surface area contributed by atoms with Crippen LogP contribution in [0.15, 0.2) is 18.2 Å². The van der Waals surface area contributed by atoms with E-state index in [1.165, 1.54) is 12.1 Å². The monoisotopic (exact) mass is 280 g/mol. The number of nitro groups is 2. The highest BCUT2D eigenvalue weighted by Gasteiger charge is 2.30. The molecule has 0 amide bonds. The van der Waals surface area contributed by atoms with E-state index in [2.05, 4.69) is 5.32 Å². The van der Waals surface area contributed by atoms with Crippen LogP contribution in [0.25, 0.3) is 0 Å². The summed E-state index contributed by atoms with van der Waals surface area (Å²) in [6, 6.07) is 4.03. The molecule has 1 aromatic rings. The second kappa shape index (κ2) is 5.83. The molecule has 2 rings (SSSR count). The second-order valence-electron chi connectivity index (χ2n) is 4.69. The standard InChI is InChI=1S/C12H16N4O4/c1-2-5-14(10-7-13-8-10)11-4-3-9(15(17)18)6-12(11)16(19)20/h3-4,6,10,13H,2,5,7-8H2,1H3. The van der Waals surface area contributed by atoms with Gasteiger partial charge in [0.05, 0.1) is 22.0 Å². The maximum Gasteiger partial charge on any atom is 0.299 e. The lowest BCUT2D eigenvalue weighted by atomic mass is 10.1. The SMILES string of the molecule is CCCN(c1ccc([N+](=O)[O-])cc1[N+](=O)[O-])C1CNC1. The van der Waals surface area contributed by atoms with E-state index in [-0.39, 0.29) is 17.4 Å². The van der Waals surface area contributed by atoms with Gasteiger partial charge < -0.3 is 10.2 Å². The minimum absolute atomic E-state index is 0.204. The van der Waals surface area contributed by atoms with Crippen LogP contribution in [0.3, 0.4) is 0 Å². The Bertz CT molecular complexity index is 530. The number of rotatable bonds is 6. The summed E-state index contributed by atoms with van der Waals surface area (Å²) in [5, 5.41) is 25.0. The van der Waals surface area contributed by atoms with E-state index < -0.39 is 9.85 Å². The minimum Gasteiger partial charge on any atom is -0.360 e. The van der Waals surface area contributed by atoms with Crippen LogP contribution in [-0.4, -0.2) is 35.5 Å². The van der Waals surface area contributed by atoms with Gasteiger partial charge in [-0.15, -0.1) is 0 Å². The van der Waals surface area contributed by atoms with E-state index in [4.69, 9.17) is 0 Å². The third kappa shape index (κ3) is 2.69. The predicted octanol–water partition coefficient (Wildman–Crippen LogP) is 1.69.